The average molecular weight is 281 g/mol. The Balaban J connectivity index is 1.97. The third-order valence-corrected chi connectivity index (χ3v) is 3.78. The van der Waals surface area contributed by atoms with Gasteiger partial charge in [-0.25, -0.2) is 13.1 Å². The van der Waals surface area contributed by atoms with Crippen molar-refractivity contribution in [3.05, 3.63) is 47.3 Å². The second-order valence-electron chi connectivity index (χ2n) is 4.26. The van der Waals surface area contributed by atoms with Gasteiger partial charge in [-0.05, 0) is 24.6 Å². The SMILES string of the molecule is Cc1cc(CNS(=O)(=O)Cc2ccc(N)cc2)on1. The molecule has 0 aliphatic rings. The van der Waals surface area contributed by atoms with Crippen molar-refractivity contribution in [2.45, 2.75) is 19.2 Å². The van der Waals surface area contributed by atoms with E-state index in [1.807, 2.05) is 0 Å². The summed E-state index contributed by atoms with van der Waals surface area (Å²) in [5.74, 6) is 0.388. The smallest absolute Gasteiger partial charge is 0.216 e. The molecule has 1 aromatic carbocycles. The highest BCUT2D eigenvalue weighted by atomic mass is 32.2. The molecule has 0 aliphatic heterocycles. The van der Waals surface area contributed by atoms with Gasteiger partial charge in [0, 0.05) is 11.8 Å². The Hall–Kier alpha value is -1.86. The van der Waals surface area contributed by atoms with E-state index in [4.69, 9.17) is 10.3 Å². The van der Waals surface area contributed by atoms with Gasteiger partial charge in [0.1, 0.15) is 0 Å². The summed E-state index contributed by atoms with van der Waals surface area (Å²) in [6, 6.07) is 8.40. The minimum atomic E-state index is -3.42. The molecule has 2 rings (SSSR count). The number of aryl methyl sites for hydroxylation is 1. The lowest BCUT2D eigenvalue weighted by atomic mass is 10.2. The Morgan fingerprint density at radius 1 is 1.32 bits per heavy atom. The van der Waals surface area contributed by atoms with Gasteiger partial charge in [-0.1, -0.05) is 17.3 Å². The normalized spacial score (nSPS) is 11.6. The lowest BCUT2D eigenvalue weighted by molar-refractivity contribution is 0.377. The largest absolute Gasteiger partial charge is 0.399 e. The van der Waals surface area contributed by atoms with Crippen LogP contribution in [-0.4, -0.2) is 13.6 Å². The third kappa shape index (κ3) is 4.08. The van der Waals surface area contributed by atoms with E-state index in [1.165, 1.54) is 0 Å². The van der Waals surface area contributed by atoms with Crippen molar-refractivity contribution in [2.75, 3.05) is 5.73 Å². The quantitative estimate of drug-likeness (QED) is 0.802. The van der Waals surface area contributed by atoms with E-state index in [0.717, 1.165) is 0 Å². The predicted molar refractivity (Wildman–Crippen MR) is 71.6 cm³/mol. The Bertz CT molecular complexity index is 647. The third-order valence-electron chi connectivity index (χ3n) is 2.48. The summed E-state index contributed by atoms with van der Waals surface area (Å²) in [6.45, 7) is 1.87. The maximum absolute atomic E-state index is 11.9. The first-order valence-corrected chi connectivity index (χ1v) is 7.34. The number of sulfonamides is 1. The molecule has 6 nitrogen and oxygen atoms in total. The minimum Gasteiger partial charge on any atom is -0.399 e. The van der Waals surface area contributed by atoms with Crippen molar-refractivity contribution in [1.82, 2.24) is 9.88 Å². The van der Waals surface area contributed by atoms with E-state index < -0.39 is 10.0 Å². The highest BCUT2D eigenvalue weighted by Crippen LogP contribution is 2.09. The number of nitrogens with zero attached hydrogens (tertiary/aromatic N) is 1. The highest BCUT2D eigenvalue weighted by molar-refractivity contribution is 7.88. The highest BCUT2D eigenvalue weighted by Gasteiger charge is 2.12. The molecule has 1 heterocycles. The van der Waals surface area contributed by atoms with Gasteiger partial charge in [0.25, 0.3) is 0 Å². The summed E-state index contributed by atoms with van der Waals surface area (Å²) in [5, 5.41) is 3.69. The van der Waals surface area contributed by atoms with Crippen LogP contribution >= 0.6 is 0 Å². The van der Waals surface area contributed by atoms with Crippen molar-refractivity contribution in [1.29, 1.82) is 0 Å². The van der Waals surface area contributed by atoms with Crippen LogP contribution in [0, 0.1) is 6.92 Å². The molecule has 0 radical (unpaired) electrons. The van der Waals surface area contributed by atoms with E-state index in [2.05, 4.69) is 9.88 Å². The molecule has 102 valence electrons. The summed E-state index contributed by atoms with van der Waals surface area (Å²) in [4.78, 5) is 0. The van der Waals surface area contributed by atoms with E-state index >= 15 is 0 Å². The zero-order valence-corrected chi connectivity index (χ0v) is 11.3. The van der Waals surface area contributed by atoms with Crippen LogP contribution in [0.2, 0.25) is 0 Å². The first-order chi connectivity index (χ1) is 8.94. The second kappa shape index (κ2) is 5.41. The molecule has 0 atom stereocenters. The molecule has 19 heavy (non-hydrogen) atoms. The molecular formula is C12H15N3O3S. The Morgan fingerprint density at radius 3 is 2.58 bits per heavy atom. The number of anilines is 1. The number of nitrogen functional groups attached to an aromatic ring is 1. The summed E-state index contributed by atoms with van der Waals surface area (Å²) in [5.41, 5.74) is 7.54. The summed E-state index contributed by atoms with van der Waals surface area (Å²) < 4.78 is 31.1. The number of nitrogens with one attached hydrogen (secondary N) is 1. The lowest BCUT2D eigenvalue weighted by Gasteiger charge is -2.05. The molecule has 0 amide bonds. The number of rotatable bonds is 5. The molecule has 0 aliphatic carbocycles. The van der Waals surface area contributed by atoms with Crippen LogP contribution in [-0.2, 0) is 22.3 Å². The topological polar surface area (TPSA) is 98.2 Å². The standard InChI is InChI=1S/C12H15N3O3S/c1-9-6-12(18-15-9)7-14-19(16,17)8-10-2-4-11(13)5-3-10/h2-6,14H,7-8,13H2,1H3. The zero-order valence-electron chi connectivity index (χ0n) is 10.5. The fourth-order valence-corrected chi connectivity index (χ4v) is 2.66. The predicted octanol–water partition coefficient (Wildman–Crippen LogP) is 1.18. The average Bonchev–Trinajstić information content (AvgIpc) is 2.76. The Labute approximate surface area is 111 Å². The van der Waals surface area contributed by atoms with Gasteiger partial charge in [-0.2, -0.15) is 0 Å². The summed E-state index contributed by atoms with van der Waals surface area (Å²) in [7, 11) is -3.42. The van der Waals surface area contributed by atoms with Crippen molar-refractivity contribution < 1.29 is 12.9 Å². The Kier molecular flexibility index (Phi) is 3.87. The molecule has 0 saturated carbocycles. The maximum atomic E-state index is 11.9. The minimum absolute atomic E-state index is 0.0954. The molecule has 0 saturated heterocycles. The van der Waals surface area contributed by atoms with Gasteiger partial charge in [-0.15, -0.1) is 0 Å². The van der Waals surface area contributed by atoms with Gasteiger partial charge in [0.2, 0.25) is 10.0 Å². The molecule has 0 spiro atoms. The van der Waals surface area contributed by atoms with Crippen molar-refractivity contribution in [2.24, 2.45) is 0 Å². The molecule has 7 heteroatoms. The fraction of sp³-hybridized carbons (Fsp3) is 0.250. The van der Waals surface area contributed by atoms with Gasteiger partial charge in [0.15, 0.2) is 5.76 Å². The number of nitrogens with two attached hydrogens (primary N) is 1. The van der Waals surface area contributed by atoms with Crippen LogP contribution in [0.3, 0.4) is 0 Å². The van der Waals surface area contributed by atoms with E-state index in [1.54, 1.807) is 37.3 Å². The van der Waals surface area contributed by atoms with Crippen LogP contribution < -0.4 is 10.5 Å². The molecule has 2 aromatic rings. The van der Waals surface area contributed by atoms with Gasteiger partial charge >= 0.3 is 0 Å². The van der Waals surface area contributed by atoms with Crippen LogP contribution in [0.1, 0.15) is 17.0 Å². The first-order valence-electron chi connectivity index (χ1n) is 5.68. The summed E-state index contributed by atoms with van der Waals surface area (Å²) >= 11 is 0. The maximum Gasteiger partial charge on any atom is 0.216 e. The number of hydrogen-bond acceptors (Lipinski definition) is 5. The monoisotopic (exact) mass is 281 g/mol. The van der Waals surface area contributed by atoms with Gasteiger partial charge in [0.05, 0.1) is 18.0 Å². The van der Waals surface area contributed by atoms with Crippen LogP contribution in [0.15, 0.2) is 34.9 Å². The molecule has 0 fully saturated rings. The van der Waals surface area contributed by atoms with Crippen molar-refractivity contribution in [3.63, 3.8) is 0 Å². The molecule has 0 unspecified atom stereocenters. The fourth-order valence-electron chi connectivity index (χ4n) is 1.57. The zero-order chi connectivity index (χ0) is 13.9. The first kappa shape index (κ1) is 13.6. The number of benzene rings is 1. The van der Waals surface area contributed by atoms with E-state index in [9.17, 15) is 8.42 Å². The van der Waals surface area contributed by atoms with Crippen molar-refractivity contribution >= 4 is 15.7 Å². The summed E-state index contributed by atoms with van der Waals surface area (Å²) in [6.07, 6.45) is 0. The van der Waals surface area contributed by atoms with E-state index in [-0.39, 0.29) is 12.3 Å². The number of aromatic nitrogens is 1. The van der Waals surface area contributed by atoms with Gasteiger partial charge in [-0.3, -0.25) is 0 Å². The second-order valence-corrected chi connectivity index (χ2v) is 6.06. The van der Waals surface area contributed by atoms with Crippen LogP contribution in [0.4, 0.5) is 5.69 Å². The number of hydrogen-bond donors (Lipinski definition) is 2. The molecule has 1 aromatic heterocycles. The van der Waals surface area contributed by atoms with Crippen LogP contribution in [0.25, 0.3) is 0 Å². The molecule has 0 bridgehead atoms. The van der Waals surface area contributed by atoms with Crippen LogP contribution in [0.5, 0.6) is 0 Å². The van der Waals surface area contributed by atoms with E-state index in [0.29, 0.717) is 22.7 Å². The molecular weight excluding hydrogens is 266 g/mol. The van der Waals surface area contributed by atoms with Crippen molar-refractivity contribution in [3.8, 4) is 0 Å². The lowest BCUT2D eigenvalue weighted by Crippen LogP contribution is -2.24. The van der Waals surface area contributed by atoms with Gasteiger partial charge < -0.3 is 10.3 Å². The molecule has 3 N–H and O–H groups in total. The Morgan fingerprint density at radius 2 is 2.00 bits per heavy atom.